The van der Waals surface area contributed by atoms with Gasteiger partial charge in [-0.15, -0.1) is 0 Å². The summed E-state index contributed by atoms with van der Waals surface area (Å²) < 4.78 is 7.11. The lowest BCUT2D eigenvalue weighted by atomic mass is 10.0. The number of hydrogen-bond donors (Lipinski definition) is 1. The molecule has 5 nitrogen and oxygen atoms in total. The second kappa shape index (κ2) is 7.22. The number of aliphatic hydroxyl groups is 1. The quantitative estimate of drug-likeness (QED) is 0.796. The Hall–Kier alpha value is -1.88. The van der Waals surface area contributed by atoms with Gasteiger partial charge in [0, 0.05) is 6.54 Å². The summed E-state index contributed by atoms with van der Waals surface area (Å²) in [6, 6.07) is 7.72. The molecule has 0 radical (unpaired) electrons. The largest absolute Gasteiger partial charge is 0.465 e. The van der Waals surface area contributed by atoms with Crippen LogP contribution in [0.3, 0.4) is 0 Å². The molecule has 1 N–H and O–H groups in total. The monoisotopic (exact) mass is 290 g/mol. The van der Waals surface area contributed by atoms with Crippen molar-refractivity contribution >= 4 is 17.0 Å². The fourth-order valence-corrected chi connectivity index (χ4v) is 2.58. The standard InChI is InChI=1S/C16H22N2O3/c1-3-7-12(16(20)21-4-2)15-17-13-8-5-6-9-14(13)18(15)10-11-19/h5-6,8-9,12,19H,3-4,7,10-11H2,1-2H3. The zero-order chi connectivity index (χ0) is 15.2. The van der Waals surface area contributed by atoms with Crippen LogP contribution in [-0.4, -0.2) is 33.8 Å². The van der Waals surface area contributed by atoms with E-state index < -0.39 is 0 Å². The Balaban J connectivity index is 2.50. The summed E-state index contributed by atoms with van der Waals surface area (Å²) in [5, 5.41) is 9.31. The number of esters is 1. The molecule has 0 fully saturated rings. The van der Waals surface area contributed by atoms with Gasteiger partial charge >= 0.3 is 5.97 Å². The van der Waals surface area contributed by atoms with E-state index in [1.807, 2.05) is 35.8 Å². The Morgan fingerprint density at radius 3 is 2.81 bits per heavy atom. The number of benzene rings is 1. The third-order valence-corrected chi connectivity index (χ3v) is 3.47. The molecule has 2 rings (SSSR count). The van der Waals surface area contributed by atoms with Crippen LogP contribution in [0.5, 0.6) is 0 Å². The normalized spacial score (nSPS) is 12.5. The maximum Gasteiger partial charge on any atom is 0.316 e. The molecule has 0 aliphatic carbocycles. The van der Waals surface area contributed by atoms with Gasteiger partial charge in [0.1, 0.15) is 11.7 Å². The average molecular weight is 290 g/mol. The van der Waals surface area contributed by atoms with Gasteiger partial charge in [-0.3, -0.25) is 4.79 Å². The molecule has 0 saturated carbocycles. The van der Waals surface area contributed by atoms with E-state index in [1.54, 1.807) is 6.92 Å². The molecule has 1 aromatic carbocycles. The molecule has 0 spiro atoms. The number of nitrogens with zero attached hydrogens (tertiary/aromatic N) is 2. The molecule has 0 bridgehead atoms. The first-order valence-electron chi connectivity index (χ1n) is 7.45. The molecule has 0 aliphatic rings. The lowest BCUT2D eigenvalue weighted by molar-refractivity contribution is -0.145. The Kier molecular flexibility index (Phi) is 5.33. The molecule has 114 valence electrons. The van der Waals surface area contributed by atoms with Gasteiger partial charge in [0.05, 0.1) is 24.2 Å². The molecule has 5 heteroatoms. The zero-order valence-electron chi connectivity index (χ0n) is 12.6. The van der Waals surface area contributed by atoms with Gasteiger partial charge in [-0.05, 0) is 25.5 Å². The number of aromatic nitrogens is 2. The molecule has 0 saturated heterocycles. The highest BCUT2D eigenvalue weighted by atomic mass is 16.5. The van der Waals surface area contributed by atoms with Crippen molar-refractivity contribution < 1.29 is 14.6 Å². The van der Waals surface area contributed by atoms with Crippen LogP contribution < -0.4 is 0 Å². The van der Waals surface area contributed by atoms with Gasteiger partial charge in [0.15, 0.2) is 0 Å². The molecule has 0 aliphatic heterocycles. The van der Waals surface area contributed by atoms with Gasteiger partial charge in [0.2, 0.25) is 0 Å². The number of fused-ring (bicyclic) bond motifs is 1. The molecule has 1 heterocycles. The highest BCUT2D eigenvalue weighted by Crippen LogP contribution is 2.26. The predicted octanol–water partition coefficient (Wildman–Crippen LogP) is 2.48. The first kappa shape index (κ1) is 15.5. The topological polar surface area (TPSA) is 64.3 Å². The Bertz CT molecular complexity index is 607. The molecular formula is C16H22N2O3. The Morgan fingerprint density at radius 1 is 1.38 bits per heavy atom. The smallest absolute Gasteiger partial charge is 0.316 e. The van der Waals surface area contributed by atoms with Crippen LogP contribution in [0, 0.1) is 0 Å². The van der Waals surface area contributed by atoms with Crippen molar-refractivity contribution in [3.05, 3.63) is 30.1 Å². The van der Waals surface area contributed by atoms with E-state index in [1.165, 1.54) is 0 Å². The third kappa shape index (κ3) is 3.24. The minimum atomic E-state index is -0.381. The van der Waals surface area contributed by atoms with Crippen molar-refractivity contribution in [1.29, 1.82) is 0 Å². The van der Waals surface area contributed by atoms with Crippen molar-refractivity contribution in [2.45, 2.75) is 39.2 Å². The van der Waals surface area contributed by atoms with Gasteiger partial charge < -0.3 is 14.4 Å². The van der Waals surface area contributed by atoms with Crippen molar-refractivity contribution in [2.75, 3.05) is 13.2 Å². The van der Waals surface area contributed by atoms with Gasteiger partial charge in [-0.2, -0.15) is 0 Å². The van der Waals surface area contributed by atoms with Gasteiger partial charge in [-0.1, -0.05) is 25.5 Å². The summed E-state index contributed by atoms with van der Waals surface area (Å²) in [6.07, 6.45) is 1.55. The second-order valence-electron chi connectivity index (χ2n) is 4.93. The molecule has 2 aromatic rings. The maximum atomic E-state index is 12.2. The summed E-state index contributed by atoms with van der Waals surface area (Å²) >= 11 is 0. The van der Waals surface area contributed by atoms with Crippen molar-refractivity contribution in [3.63, 3.8) is 0 Å². The Morgan fingerprint density at radius 2 is 2.14 bits per heavy atom. The van der Waals surface area contributed by atoms with Crippen molar-refractivity contribution in [3.8, 4) is 0 Å². The van der Waals surface area contributed by atoms with E-state index >= 15 is 0 Å². The first-order chi connectivity index (χ1) is 10.2. The summed E-state index contributed by atoms with van der Waals surface area (Å²) in [4.78, 5) is 16.8. The summed E-state index contributed by atoms with van der Waals surface area (Å²) in [6.45, 7) is 4.63. The highest BCUT2D eigenvalue weighted by Gasteiger charge is 2.27. The maximum absolute atomic E-state index is 12.2. The fourth-order valence-electron chi connectivity index (χ4n) is 2.58. The minimum absolute atomic E-state index is 0.00895. The summed E-state index contributed by atoms with van der Waals surface area (Å²) in [5.41, 5.74) is 1.78. The molecule has 1 unspecified atom stereocenters. The number of carbonyl (C=O) groups excluding carboxylic acids is 1. The van der Waals surface area contributed by atoms with E-state index in [0.29, 0.717) is 25.4 Å². The Labute approximate surface area is 124 Å². The number of aliphatic hydroxyl groups excluding tert-OH is 1. The van der Waals surface area contributed by atoms with Crippen LogP contribution >= 0.6 is 0 Å². The van der Waals surface area contributed by atoms with Crippen LogP contribution in [-0.2, 0) is 16.1 Å². The minimum Gasteiger partial charge on any atom is -0.465 e. The van der Waals surface area contributed by atoms with Crippen molar-refractivity contribution in [2.24, 2.45) is 0 Å². The van der Waals surface area contributed by atoms with Crippen LogP contribution in [0.1, 0.15) is 38.4 Å². The van der Waals surface area contributed by atoms with E-state index in [4.69, 9.17) is 4.74 Å². The number of carbonyl (C=O) groups is 1. The molecule has 21 heavy (non-hydrogen) atoms. The van der Waals surface area contributed by atoms with E-state index in [2.05, 4.69) is 4.98 Å². The zero-order valence-corrected chi connectivity index (χ0v) is 12.6. The number of ether oxygens (including phenoxy) is 1. The van der Waals surface area contributed by atoms with Gasteiger partial charge in [0.25, 0.3) is 0 Å². The summed E-state index contributed by atoms with van der Waals surface area (Å²) in [5.74, 6) is 0.0632. The van der Waals surface area contributed by atoms with Gasteiger partial charge in [-0.25, -0.2) is 4.98 Å². The average Bonchev–Trinajstić information content (AvgIpc) is 2.84. The second-order valence-corrected chi connectivity index (χ2v) is 4.93. The number of rotatable bonds is 7. The molecule has 1 aromatic heterocycles. The van der Waals surface area contributed by atoms with E-state index in [9.17, 15) is 9.90 Å². The SMILES string of the molecule is CCCC(C(=O)OCC)c1nc2ccccc2n1CCO. The predicted molar refractivity (Wildman–Crippen MR) is 81.1 cm³/mol. The molecular weight excluding hydrogens is 268 g/mol. The lowest BCUT2D eigenvalue weighted by Crippen LogP contribution is -2.21. The van der Waals surface area contributed by atoms with E-state index in [0.717, 1.165) is 17.5 Å². The lowest BCUT2D eigenvalue weighted by Gasteiger charge is -2.16. The highest BCUT2D eigenvalue weighted by molar-refractivity contribution is 5.81. The van der Waals surface area contributed by atoms with Crippen LogP contribution in [0.2, 0.25) is 0 Å². The first-order valence-corrected chi connectivity index (χ1v) is 7.45. The number of para-hydroxylation sites is 2. The number of imidazole rings is 1. The fraction of sp³-hybridized carbons (Fsp3) is 0.500. The summed E-state index contributed by atoms with van der Waals surface area (Å²) in [7, 11) is 0. The van der Waals surface area contributed by atoms with E-state index in [-0.39, 0.29) is 18.5 Å². The van der Waals surface area contributed by atoms with Crippen molar-refractivity contribution in [1.82, 2.24) is 9.55 Å². The molecule has 1 atom stereocenters. The number of hydrogen-bond acceptors (Lipinski definition) is 4. The van der Waals surface area contributed by atoms with Crippen LogP contribution in [0.25, 0.3) is 11.0 Å². The van der Waals surface area contributed by atoms with Crippen LogP contribution in [0.4, 0.5) is 0 Å². The molecule has 0 amide bonds. The third-order valence-electron chi connectivity index (χ3n) is 3.47. The van der Waals surface area contributed by atoms with Crippen LogP contribution in [0.15, 0.2) is 24.3 Å².